The van der Waals surface area contributed by atoms with Gasteiger partial charge in [-0.05, 0) is 48.5 Å². The number of hydrogen-bond acceptors (Lipinski definition) is 12. The molecule has 14 N–H and O–H groups in total. The van der Waals surface area contributed by atoms with Crippen LogP contribution in [0.25, 0.3) is 10.9 Å². The summed E-state index contributed by atoms with van der Waals surface area (Å²) in [6, 6.07) is 8.37. The lowest BCUT2D eigenvalue weighted by Gasteiger charge is -2.27. The summed E-state index contributed by atoms with van der Waals surface area (Å²) in [6.45, 7) is 4.37. The first-order chi connectivity index (χ1) is 34.1. The first-order valence-corrected chi connectivity index (χ1v) is 24.6. The highest BCUT2D eigenvalue weighted by Gasteiger charge is 2.33. The number of carbonyl (C=O) groups is 8. The number of primary amides is 1. The van der Waals surface area contributed by atoms with Crippen LogP contribution in [0, 0.1) is 5.92 Å². The van der Waals surface area contributed by atoms with Gasteiger partial charge in [-0.25, -0.2) is 9.97 Å². The van der Waals surface area contributed by atoms with E-state index >= 15 is 0 Å². The lowest BCUT2D eigenvalue weighted by atomic mass is 9.98. The summed E-state index contributed by atoms with van der Waals surface area (Å²) in [7, 11) is 0. The molecular weight excluding hydrogens is 933 g/mol. The minimum absolute atomic E-state index is 0.0440. The lowest BCUT2D eigenvalue weighted by molar-refractivity contribution is -0.135. The van der Waals surface area contributed by atoms with E-state index in [9.17, 15) is 38.4 Å². The number of thioether (sulfide) groups is 1. The molecule has 0 fully saturated rings. The van der Waals surface area contributed by atoms with Crippen LogP contribution in [0.15, 0.2) is 85.8 Å². The van der Waals surface area contributed by atoms with Crippen LogP contribution in [0.4, 0.5) is 0 Å². The van der Waals surface area contributed by atoms with Gasteiger partial charge in [-0.3, -0.25) is 38.4 Å². The van der Waals surface area contributed by atoms with Crippen molar-refractivity contribution in [2.45, 2.75) is 102 Å². The van der Waals surface area contributed by atoms with Crippen molar-refractivity contribution in [2.75, 3.05) is 18.6 Å². The second kappa shape index (κ2) is 27.0. The van der Waals surface area contributed by atoms with Gasteiger partial charge >= 0.3 is 0 Å². The Bertz CT molecular complexity index is 2560. The van der Waals surface area contributed by atoms with E-state index in [0.29, 0.717) is 29.1 Å². The summed E-state index contributed by atoms with van der Waals surface area (Å²) >= 11 is 1.47. The number of fused-ring (bicyclic) bond motifs is 1. The Morgan fingerprint density at radius 1 is 0.648 bits per heavy atom. The van der Waals surface area contributed by atoms with E-state index in [1.54, 1.807) is 49.6 Å². The Morgan fingerprint density at radius 3 is 1.87 bits per heavy atom. The van der Waals surface area contributed by atoms with Gasteiger partial charge < -0.3 is 63.6 Å². The summed E-state index contributed by atoms with van der Waals surface area (Å²) < 4.78 is 0. The standard InChI is InChI=1S/C48H64N14O8S/c1-5-27(2)41(62-43(65)28(3)57-45(67)38(18-30-21-53-35-14-10-9-13-33(30)35)60-44(66)34(49)19-31-22-51-25-55-31)48(70)54-24-40(63)58-39(20-32-23-52-26-56-32)47(69)61-37(17-29-11-7-6-8-12-29)46(68)59-36(42(50)64)15-16-71-4/h6-14,21-23,25-28,34,36-39,41,53H,5,15-20,24,49H2,1-4H3,(H2,50,64)(H,51,55)(H,52,56)(H,54,70)(H,57,67)(H,58,63)(H,59,68)(H,60,66)(H,61,69)(H,62,65)/t27-,28-,34-,36-,37-,38-,39-,41-/m0/s1. The molecule has 0 aliphatic carbocycles. The number of nitrogens with one attached hydrogen (secondary N) is 10. The van der Waals surface area contributed by atoms with Gasteiger partial charge in [0.05, 0.1) is 25.2 Å². The van der Waals surface area contributed by atoms with Gasteiger partial charge in [0.15, 0.2) is 0 Å². The molecule has 0 unspecified atom stereocenters. The number of para-hydroxylation sites is 1. The van der Waals surface area contributed by atoms with Gasteiger partial charge in [0, 0.05) is 66.6 Å². The van der Waals surface area contributed by atoms with Crippen molar-refractivity contribution in [1.82, 2.24) is 62.1 Å². The van der Waals surface area contributed by atoms with E-state index in [1.807, 2.05) is 37.4 Å². The average Bonchev–Trinajstić information content (AvgIpc) is 4.17. The minimum atomic E-state index is -1.28. The predicted octanol–water partition coefficient (Wildman–Crippen LogP) is -0.459. The molecule has 0 bridgehead atoms. The van der Waals surface area contributed by atoms with Crippen molar-refractivity contribution in [1.29, 1.82) is 0 Å². The summed E-state index contributed by atoms with van der Waals surface area (Å²) in [5, 5.41) is 19.5. The third-order valence-electron chi connectivity index (χ3n) is 11.8. The molecule has 0 saturated carbocycles. The van der Waals surface area contributed by atoms with E-state index in [2.05, 4.69) is 62.1 Å². The number of nitrogens with zero attached hydrogens (tertiary/aromatic N) is 2. The van der Waals surface area contributed by atoms with Gasteiger partial charge in [0.1, 0.15) is 36.3 Å². The molecule has 8 amide bonds. The molecule has 23 heteroatoms. The topological polar surface area (TPSA) is 346 Å². The Kier molecular flexibility index (Phi) is 20.7. The van der Waals surface area contributed by atoms with Gasteiger partial charge in [0.25, 0.3) is 0 Å². The molecule has 0 radical (unpaired) electrons. The van der Waals surface area contributed by atoms with Gasteiger partial charge in [-0.2, -0.15) is 11.8 Å². The monoisotopic (exact) mass is 996 g/mol. The van der Waals surface area contributed by atoms with Crippen molar-refractivity contribution in [3.63, 3.8) is 0 Å². The molecule has 22 nitrogen and oxygen atoms in total. The van der Waals surface area contributed by atoms with Crippen molar-refractivity contribution in [2.24, 2.45) is 17.4 Å². The summed E-state index contributed by atoms with van der Waals surface area (Å²) in [6.07, 6.45) is 10.3. The van der Waals surface area contributed by atoms with Crippen LogP contribution in [0.1, 0.15) is 56.1 Å². The number of carbonyl (C=O) groups excluding carboxylic acids is 8. The molecule has 380 valence electrons. The molecule has 71 heavy (non-hydrogen) atoms. The fourth-order valence-electron chi connectivity index (χ4n) is 7.57. The van der Waals surface area contributed by atoms with E-state index in [0.717, 1.165) is 16.5 Å². The van der Waals surface area contributed by atoms with E-state index in [-0.39, 0.29) is 32.1 Å². The fourth-order valence-corrected chi connectivity index (χ4v) is 8.04. The molecular formula is C48H64N14O8S. The zero-order valence-corrected chi connectivity index (χ0v) is 40.9. The zero-order valence-electron chi connectivity index (χ0n) is 40.1. The van der Waals surface area contributed by atoms with Crippen molar-refractivity contribution < 1.29 is 38.4 Å². The highest BCUT2D eigenvalue weighted by molar-refractivity contribution is 7.98. The maximum atomic E-state index is 14.0. The number of rotatable bonds is 28. The van der Waals surface area contributed by atoms with E-state index in [1.165, 1.54) is 37.5 Å². The highest BCUT2D eigenvalue weighted by atomic mass is 32.2. The minimum Gasteiger partial charge on any atom is -0.368 e. The fraction of sp³-hybridized carbons (Fsp3) is 0.417. The number of benzene rings is 2. The normalized spacial score (nSPS) is 14.5. The number of imidazole rings is 2. The van der Waals surface area contributed by atoms with E-state index in [4.69, 9.17) is 11.5 Å². The zero-order chi connectivity index (χ0) is 51.5. The number of H-pyrrole nitrogens is 3. The van der Waals surface area contributed by atoms with Crippen LogP contribution in [0.3, 0.4) is 0 Å². The Balaban J connectivity index is 1.23. The number of aromatic amines is 3. The summed E-state index contributed by atoms with van der Waals surface area (Å²) in [5.41, 5.74) is 15.2. The molecule has 3 heterocycles. The van der Waals surface area contributed by atoms with Gasteiger partial charge in [-0.1, -0.05) is 68.8 Å². The maximum Gasteiger partial charge on any atom is 0.243 e. The Labute approximate surface area is 415 Å². The first kappa shape index (κ1) is 54.4. The average molecular weight is 997 g/mol. The second-order valence-electron chi connectivity index (χ2n) is 17.2. The molecule has 2 aromatic carbocycles. The van der Waals surface area contributed by atoms with Crippen molar-refractivity contribution in [3.05, 3.63) is 108 Å². The third-order valence-corrected chi connectivity index (χ3v) is 12.5. The van der Waals surface area contributed by atoms with Gasteiger partial charge in [0.2, 0.25) is 47.3 Å². The van der Waals surface area contributed by atoms with Crippen molar-refractivity contribution in [3.8, 4) is 0 Å². The number of amides is 8. The lowest BCUT2D eigenvalue weighted by Crippen LogP contribution is -2.59. The number of nitrogens with two attached hydrogens (primary N) is 2. The molecule has 8 atom stereocenters. The third kappa shape index (κ3) is 16.6. The predicted molar refractivity (Wildman–Crippen MR) is 267 cm³/mol. The molecule has 5 rings (SSSR count). The second-order valence-corrected chi connectivity index (χ2v) is 18.2. The molecule has 0 aliphatic heterocycles. The van der Waals surface area contributed by atoms with E-state index < -0.39 is 102 Å². The number of hydrogen-bond donors (Lipinski definition) is 12. The highest BCUT2D eigenvalue weighted by Crippen LogP contribution is 2.20. The summed E-state index contributed by atoms with van der Waals surface area (Å²) in [5.74, 6) is -5.50. The van der Waals surface area contributed by atoms with Crippen LogP contribution in [-0.4, -0.2) is 133 Å². The SMILES string of the molecule is CC[C@H](C)[C@H](NC(=O)[C@H](C)NC(=O)[C@H](Cc1c[nH]c2ccccc12)NC(=O)[C@@H](N)Cc1cnc[nH]1)C(=O)NCC(=O)N[C@@H](Cc1cnc[nH]1)C(=O)N[C@@H](Cc1ccccc1)C(=O)N[C@@H](CCSC)C(N)=O. The molecule has 0 spiro atoms. The summed E-state index contributed by atoms with van der Waals surface area (Å²) in [4.78, 5) is 125. The first-order valence-electron chi connectivity index (χ1n) is 23.2. The molecule has 5 aromatic rings. The van der Waals surface area contributed by atoms with Crippen LogP contribution >= 0.6 is 11.8 Å². The Morgan fingerprint density at radius 2 is 1.24 bits per heavy atom. The molecule has 3 aromatic heterocycles. The van der Waals surface area contributed by atoms with Crippen LogP contribution in [0.2, 0.25) is 0 Å². The van der Waals surface area contributed by atoms with Crippen molar-refractivity contribution >= 4 is 69.9 Å². The maximum absolute atomic E-state index is 14.0. The van der Waals surface area contributed by atoms with Crippen LogP contribution in [-0.2, 0) is 64.0 Å². The van der Waals surface area contributed by atoms with Gasteiger partial charge in [-0.15, -0.1) is 0 Å². The molecule has 0 aliphatic rings. The smallest absolute Gasteiger partial charge is 0.243 e. The largest absolute Gasteiger partial charge is 0.368 e. The van der Waals surface area contributed by atoms with Crippen LogP contribution in [0.5, 0.6) is 0 Å². The quantitative estimate of drug-likeness (QED) is 0.0303. The Hall–Kier alpha value is -7.53. The molecule has 0 saturated heterocycles. The van der Waals surface area contributed by atoms with Crippen LogP contribution < -0.4 is 48.7 Å². The number of aromatic nitrogens is 5.